The molecule has 0 heterocycles. The number of methoxy groups -OCH3 is 1. The van der Waals surface area contributed by atoms with Crippen molar-refractivity contribution in [3.05, 3.63) is 89.5 Å². The fraction of sp³-hybridized carbons (Fsp3) is 0.130. The zero-order valence-corrected chi connectivity index (χ0v) is 16.1. The van der Waals surface area contributed by atoms with Gasteiger partial charge in [0.05, 0.1) is 18.4 Å². The minimum Gasteiger partial charge on any atom is -0.497 e. The highest BCUT2D eigenvalue weighted by Gasteiger charge is 2.11. The van der Waals surface area contributed by atoms with Crippen molar-refractivity contribution in [2.75, 3.05) is 19.0 Å². The summed E-state index contributed by atoms with van der Waals surface area (Å²) in [6, 6.07) is 21.9. The van der Waals surface area contributed by atoms with E-state index in [0.29, 0.717) is 29.8 Å². The molecule has 0 aromatic heterocycles. The molecule has 0 radical (unpaired) electrons. The van der Waals surface area contributed by atoms with Gasteiger partial charge >= 0.3 is 0 Å². The standard InChI is InChI=1S/C23H23N3O3/c1-29-19-11-9-18(10-12-19)26-21-8-3-2-7-20(21)23(28)25-14-13-16-5-4-6-17(15-16)22(24)27/h2-12,15,26H,13-14H2,1H3,(H2,24,27)(H,25,28). The lowest BCUT2D eigenvalue weighted by Crippen LogP contribution is -2.26. The van der Waals surface area contributed by atoms with E-state index in [9.17, 15) is 9.59 Å². The lowest BCUT2D eigenvalue weighted by atomic mass is 10.1. The zero-order valence-electron chi connectivity index (χ0n) is 16.1. The van der Waals surface area contributed by atoms with E-state index in [2.05, 4.69) is 10.6 Å². The first-order chi connectivity index (χ1) is 14.1. The van der Waals surface area contributed by atoms with E-state index >= 15 is 0 Å². The molecule has 3 rings (SSSR count). The highest BCUT2D eigenvalue weighted by molar-refractivity contribution is 6.00. The van der Waals surface area contributed by atoms with Crippen LogP contribution in [0.2, 0.25) is 0 Å². The Kier molecular flexibility index (Phi) is 6.47. The van der Waals surface area contributed by atoms with Crippen LogP contribution >= 0.6 is 0 Å². The van der Waals surface area contributed by atoms with Crippen LogP contribution in [0.3, 0.4) is 0 Å². The van der Waals surface area contributed by atoms with Crippen LogP contribution < -0.4 is 21.1 Å². The first kappa shape index (κ1) is 19.9. The summed E-state index contributed by atoms with van der Waals surface area (Å²) in [6.45, 7) is 0.442. The molecule has 0 aliphatic rings. The number of ether oxygens (including phenoxy) is 1. The Labute approximate surface area is 169 Å². The lowest BCUT2D eigenvalue weighted by Gasteiger charge is -2.13. The molecular weight excluding hydrogens is 366 g/mol. The predicted octanol–water partition coefficient (Wildman–Crippen LogP) is 3.51. The van der Waals surface area contributed by atoms with Crippen molar-refractivity contribution in [2.45, 2.75) is 6.42 Å². The quantitative estimate of drug-likeness (QED) is 0.550. The van der Waals surface area contributed by atoms with Gasteiger partial charge in [0.1, 0.15) is 5.75 Å². The molecule has 0 fully saturated rings. The average Bonchev–Trinajstić information content (AvgIpc) is 2.75. The third kappa shape index (κ3) is 5.35. The molecule has 0 unspecified atom stereocenters. The number of hydrogen-bond acceptors (Lipinski definition) is 4. The summed E-state index contributed by atoms with van der Waals surface area (Å²) < 4.78 is 5.17. The van der Waals surface area contributed by atoms with Crippen LogP contribution in [0.5, 0.6) is 5.75 Å². The van der Waals surface area contributed by atoms with E-state index in [0.717, 1.165) is 17.0 Å². The maximum absolute atomic E-state index is 12.7. The van der Waals surface area contributed by atoms with Crippen molar-refractivity contribution in [2.24, 2.45) is 5.73 Å². The normalized spacial score (nSPS) is 10.2. The Bertz CT molecular complexity index is 1000. The lowest BCUT2D eigenvalue weighted by molar-refractivity contribution is 0.0953. The number of carbonyl (C=O) groups is 2. The number of rotatable bonds is 8. The molecule has 0 saturated carbocycles. The second-order valence-electron chi connectivity index (χ2n) is 6.47. The Hall–Kier alpha value is -3.80. The summed E-state index contributed by atoms with van der Waals surface area (Å²) in [4.78, 5) is 24.0. The van der Waals surface area contributed by atoms with Gasteiger partial charge in [0.2, 0.25) is 5.91 Å². The van der Waals surface area contributed by atoms with Crippen LogP contribution in [-0.2, 0) is 6.42 Å². The summed E-state index contributed by atoms with van der Waals surface area (Å²) in [6.07, 6.45) is 0.598. The van der Waals surface area contributed by atoms with Crippen molar-refractivity contribution in [3.8, 4) is 5.75 Å². The molecule has 148 valence electrons. The van der Waals surface area contributed by atoms with Gasteiger partial charge in [-0.1, -0.05) is 24.3 Å². The average molecular weight is 389 g/mol. The predicted molar refractivity (Wildman–Crippen MR) is 114 cm³/mol. The maximum atomic E-state index is 12.7. The van der Waals surface area contributed by atoms with E-state index in [4.69, 9.17) is 10.5 Å². The van der Waals surface area contributed by atoms with Crippen LogP contribution in [0.25, 0.3) is 0 Å². The molecule has 2 amide bonds. The summed E-state index contributed by atoms with van der Waals surface area (Å²) in [5, 5.41) is 6.19. The third-order valence-corrected chi connectivity index (χ3v) is 4.45. The fourth-order valence-corrected chi connectivity index (χ4v) is 2.92. The molecule has 0 bridgehead atoms. The number of benzene rings is 3. The Balaban J connectivity index is 1.63. The molecule has 0 spiro atoms. The van der Waals surface area contributed by atoms with Crippen LogP contribution in [0.1, 0.15) is 26.3 Å². The van der Waals surface area contributed by atoms with Gasteiger partial charge in [0.15, 0.2) is 0 Å². The molecule has 3 aromatic rings. The van der Waals surface area contributed by atoms with Gasteiger partial charge in [-0.05, 0) is 60.5 Å². The molecule has 4 N–H and O–H groups in total. The number of nitrogens with two attached hydrogens (primary N) is 1. The van der Waals surface area contributed by atoms with E-state index in [1.807, 2.05) is 48.5 Å². The number of carbonyl (C=O) groups excluding carboxylic acids is 2. The minimum absolute atomic E-state index is 0.173. The topological polar surface area (TPSA) is 93.4 Å². The van der Waals surface area contributed by atoms with Crippen molar-refractivity contribution in [1.82, 2.24) is 5.32 Å². The first-order valence-corrected chi connectivity index (χ1v) is 9.24. The number of amides is 2. The van der Waals surface area contributed by atoms with Gasteiger partial charge in [-0.15, -0.1) is 0 Å². The van der Waals surface area contributed by atoms with Crippen molar-refractivity contribution in [1.29, 1.82) is 0 Å². The SMILES string of the molecule is COc1ccc(Nc2ccccc2C(=O)NCCc2cccc(C(N)=O)c2)cc1. The third-order valence-electron chi connectivity index (χ3n) is 4.45. The zero-order chi connectivity index (χ0) is 20.6. The fourth-order valence-electron chi connectivity index (χ4n) is 2.92. The van der Waals surface area contributed by atoms with E-state index in [1.54, 1.807) is 31.4 Å². The van der Waals surface area contributed by atoms with Gasteiger partial charge < -0.3 is 21.1 Å². The maximum Gasteiger partial charge on any atom is 0.253 e. The summed E-state index contributed by atoms with van der Waals surface area (Å²) in [5.41, 5.74) is 8.83. The molecule has 0 aliphatic carbocycles. The molecule has 0 saturated heterocycles. The summed E-state index contributed by atoms with van der Waals surface area (Å²) in [7, 11) is 1.62. The molecule has 6 heteroatoms. The van der Waals surface area contributed by atoms with E-state index in [1.165, 1.54) is 0 Å². The van der Waals surface area contributed by atoms with E-state index < -0.39 is 5.91 Å². The van der Waals surface area contributed by atoms with E-state index in [-0.39, 0.29) is 5.91 Å². The van der Waals surface area contributed by atoms with Gasteiger partial charge in [0, 0.05) is 17.8 Å². The summed E-state index contributed by atoms with van der Waals surface area (Å²) in [5.74, 6) is 0.129. The van der Waals surface area contributed by atoms with Crippen LogP contribution in [0.4, 0.5) is 11.4 Å². The molecular formula is C23H23N3O3. The number of para-hydroxylation sites is 1. The monoisotopic (exact) mass is 389 g/mol. The number of anilines is 2. The Morgan fingerprint density at radius 1 is 0.966 bits per heavy atom. The highest BCUT2D eigenvalue weighted by atomic mass is 16.5. The van der Waals surface area contributed by atoms with Gasteiger partial charge in [-0.2, -0.15) is 0 Å². The van der Waals surface area contributed by atoms with Crippen molar-refractivity contribution < 1.29 is 14.3 Å². The summed E-state index contributed by atoms with van der Waals surface area (Å²) >= 11 is 0. The minimum atomic E-state index is -0.464. The molecule has 0 atom stereocenters. The van der Waals surface area contributed by atoms with Crippen molar-refractivity contribution >= 4 is 23.2 Å². The second kappa shape index (κ2) is 9.41. The van der Waals surface area contributed by atoms with Gasteiger partial charge in [0.25, 0.3) is 5.91 Å². The molecule has 3 aromatic carbocycles. The Morgan fingerprint density at radius 3 is 2.45 bits per heavy atom. The van der Waals surface area contributed by atoms with Crippen LogP contribution in [-0.4, -0.2) is 25.5 Å². The number of nitrogens with one attached hydrogen (secondary N) is 2. The van der Waals surface area contributed by atoms with Crippen LogP contribution in [0.15, 0.2) is 72.8 Å². The smallest absolute Gasteiger partial charge is 0.253 e. The van der Waals surface area contributed by atoms with Gasteiger partial charge in [-0.3, -0.25) is 9.59 Å². The molecule has 0 aliphatic heterocycles. The molecule has 6 nitrogen and oxygen atoms in total. The van der Waals surface area contributed by atoms with Crippen LogP contribution in [0, 0.1) is 0 Å². The first-order valence-electron chi connectivity index (χ1n) is 9.24. The highest BCUT2D eigenvalue weighted by Crippen LogP contribution is 2.23. The number of primary amides is 1. The van der Waals surface area contributed by atoms with Crippen molar-refractivity contribution in [3.63, 3.8) is 0 Å². The van der Waals surface area contributed by atoms with Gasteiger partial charge in [-0.25, -0.2) is 0 Å². The second-order valence-corrected chi connectivity index (χ2v) is 6.47. The largest absolute Gasteiger partial charge is 0.497 e. The molecule has 29 heavy (non-hydrogen) atoms. The number of hydrogen-bond donors (Lipinski definition) is 3. The Morgan fingerprint density at radius 2 is 1.72 bits per heavy atom.